The van der Waals surface area contributed by atoms with Crippen LogP contribution in [0.5, 0.6) is 0 Å². The van der Waals surface area contributed by atoms with E-state index in [-0.39, 0.29) is 5.41 Å². The molecular formula is C11H23N3O2. The van der Waals surface area contributed by atoms with Crippen LogP contribution in [-0.4, -0.2) is 49.3 Å². The Morgan fingerprint density at radius 1 is 1.56 bits per heavy atom. The molecule has 94 valence electrons. The standard InChI is InChI=1S/C11H23N3O2/c1-3-16-7-6-14(2)9-11(4-5-11)8-10(12)13-15/h15H,3-9H2,1-2H3,(H2,12,13). The first-order valence-electron chi connectivity index (χ1n) is 5.84. The number of ether oxygens (including phenoxy) is 1. The quantitative estimate of drug-likeness (QED) is 0.213. The van der Waals surface area contributed by atoms with Crippen molar-refractivity contribution in [1.29, 1.82) is 0 Å². The molecule has 0 aromatic rings. The summed E-state index contributed by atoms with van der Waals surface area (Å²) < 4.78 is 5.31. The minimum absolute atomic E-state index is 0.247. The number of likely N-dealkylation sites (N-methyl/N-ethyl adjacent to an activating group) is 1. The van der Waals surface area contributed by atoms with Crippen LogP contribution < -0.4 is 5.73 Å². The fourth-order valence-corrected chi connectivity index (χ4v) is 2.00. The van der Waals surface area contributed by atoms with Crippen molar-refractivity contribution in [2.24, 2.45) is 16.3 Å². The van der Waals surface area contributed by atoms with Crippen LogP contribution in [0.3, 0.4) is 0 Å². The predicted octanol–water partition coefficient (Wildman–Crippen LogP) is 0.871. The van der Waals surface area contributed by atoms with Gasteiger partial charge >= 0.3 is 0 Å². The molecule has 0 atom stereocenters. The van der Waals surface area contributed by atoms with Crippen LogP contribution in [0.4, 0.5) is 0 Å². The number of nitrogens with two attached hydrogens (primary N) is 1. The topological polar surface area (TPSA) is 71.1 Å². The highest BCUT2D eigenvalue weighted by atomic mass is 16.5. The molecular weight excluding hydrogens is 206 g/mol. The summed E-state index contributed by atoms with van der Waals surface area (Å²) in [7, 11) is 2.09. The number of rotatable bonds is 8. The average molecular weight is 229 g/mol. The molecule has 5 nitrogen and oxygen atoms in total. The summed E-state index contributed by atoms with van der Waals surface area (Å²) in [5.41, 5.74) is 5.80. The van der Waals surface area contributed by atoms with E-state index in [4.69, 9.17) is 15.7 Å². The first kappa shape index (κ1) is 13.3. The maximum absolute atomic E-state index is 8.56. The summed E-state index contributed by atoms with van der Waals surface area (Å²) in [4.78, 5) is 2.26. The van der Waals surface area contributed by atoms with Crippen molar-refractivity contribution in [1.82, 2.24) is 4.90 Å². The Kier molecular flexibility index (Phi) is 5.02. The lowest BCUT2D eigenvalue weighted by Gasteiger charge is -2.23. The molecule has 16 heavy (non-hydrogen) atoms. The van der Waals surface area contributed by atoms with Gasteiger partial charge in [0.2, 0.25) is 0 Å². The van der Waals surface area contributed by atoms with Gasteiger partial charge in [0.25, 0.3) is 0 Å². The van der Waals surface area contributed by atoms with Crippen LogP contribution in [0.1, 0.15) is 26.2 Å². The van der Waals surface area contributed by atoms with Crippen molar-refractivity contribution < 1.29 is 9.94 Å². The summed E-state index contributed by atoms with van der Waals surface area (Å²) in [5.74, 6) is 0.343. The molecule has 0 spiro atoms. The van der Waals surface area contributed by atoms with Crippen molar-refractivity contribution >= 4 is 5.84 Å². The second-order valence-corrected chi connectivity index (χ2v) is 4.70. The van der Waals surface area contributed by atoms with E-state index in [2.05, 4.69) is 17.1 Å². The largest absolute Gasteiger partial charge is 0.409 e. The maximum atomic E-state index is 8.56. The Labute approximate surface area is 97.2 Å². The third-order valence-corrected chi connectivity index (χ3v) is 3.07. The predicted molar refractivity (Wildman–Crippen MR) is 63.7 cm³/mol. The van der Waals surface area contributed by atoms with E-state index in [1.54, 1.807) is 0 Å². The Bertz CT molecular complexity index is 239. The number of amidine groups is 1. The molecule has 0 aromatic carbocycles. The molecule has 0 heterocycles. The zero-order valence-electron chi connectivity index (χ0n) is 10.3. The van der Waals surface area contributed by atoms with Crippen molar-refractivity contribution in [3.8, 4) is 0 Å². The van der Waals surface area contributed by atoms with Crippen molar-refractivity contribution in [2.45, 2.75) is 26.2 Å². The zero-order valence-corrected chi connectivity index (χ0v) is 10.3. The van der Waals surface area contributed by atoms with Crippen molar-refractivity contribution in [2.75, 3.05) is 33.4 Å². The molecule has 1 rings (SSSR count). The molecule has 1 aliphatic carbocycles. The van der Waals surface area contributed by atoms with E-state index in [1.165, 1.54) is 12.8 Å². The minimum atomic E-state index is 0.247. The highest BCUT2D eigenvalue weighted by Crippen LogP contribution is 2.49. The van der Waals surface area contributed by atoms with Gasteiger partial charge in [-0.05, 0) is 32.2 Å². The maximum Gasteiger partial charge on any atom is 0.139 e. The highest BCUT2D eigenvalue weighted by Gasteiger charge is 2.43. The summed E-state index contributed by atoms with van der Waals surface area (Å²) in [6.45, 7) is 5.47. The molecule has 3 N–H and O–H groups in total. The van der Waals surface area contributed by atoms with Gasteiger partial charge in [-0.2, -0.15) is 0 Å². The first-order chi connectivity index (χ1) is 7.62. The van der Waals surface area contributed by atoms with Crippen LogP contribution in [0.15, 0.2) is 5.16 Å². The Balaban J connectivity index is 2.24. The second-order valence-electron chi connectivity index (χ2n) is 4.70. The first-order valence-corrected chi connectivity index (χ1v) is 5.84. The van der Waals surface area contributed by atoms with Gasteiger partial charge in [0.1, 0.15) is 5.84 Å². The van der Waals surface area contributed by atoms with E-state index in [1.807, 2.05) is 6.92 Å². The third-order valence-electron chi connectivity index (χ3n) is 3.07. The molecule has 5 heteroatoms. The summed E-state index contributed by atoms with van der Waals surface area (Å²) in [5, 5.41) is 11.6. The summed E-state index contributed by atoms with van der Waals surface area (Å²) in [6.07, 6.45) is 3.03. The Morgan fingerprint density at radius 3 is 2.75 bits per heavy atom. The lowest BCUT2D eigenvalue weighted by Crippen LogP contribution is -2.32. The van der Waals surface area contributed by atoms with E-state index < -0.39 is 0 Å². The van der Waals surface area contributed by atoms with E-state index in [9.17, 15) is 0 Å². The minimum Gasteiger partial charge on any atom is -0.409 e. The average Bonchev–Trinajstić information content (AvgIpc) is 2.98. The summed E-state index contributed by atoms with van der Waals surface area (Å²) >= 11 is 0. The van der Waals surface area contributed by atoms with E-state index in [0.717, 1.165) is 26.3 Å². The van der Waals surface area contributed by atoms with Gasteiger partial charge in [-0.1, -0.05) is 5.16 Å². The van der Waals surface area contributed by atoms with Gasteiger partial charge in [-0.15, -0.1) is 0 Å². The van der Waals surface area contributed by atoms with Gasteiger partial charge in [-0.25, -0.2) is 0 Å². The molecule has 0 aliphatic heterocycles. The van der Waals surface area contributed by atoms with Crippen LogP contribution in [-0.2, 0) is 4.74 Å². The fourth-order valence-electron chi connectivity index (χ4n) is 2.00. The van der Waals surface area contributed by atoms with Crippen molar-refractivity contribution in [3.05, 3.63) is 0 Å². The molecule has 0 unspecified atom stereocenters. The van der Waals surface area contributed by atoms with Gasteiger partial charge in [-0.3, -0.25) is 0 Å². The molecule has 0 saturated heterocycles. The van der Waals surface area contributed by atoms with Crippen LogP contribution in [0, 0.1) is 5.41 Å². The SMILES string of the molecule is CCOCCN(C)CC1(CC(N)=NO)CC1. The zero-order chi connectivity index (χ0) is 12.0. The van der Waals surface area contributed by atoms with Gasteiger partial charge in [0.15, 0.2) is 0 Å². The number of oxime groups is 1. The lowest BCUT2D eigenvalue weighted by molar-refractivity contribution is 0.115. The Morgan fingerprint density at radius 2 is 2.25 bits per heavy atom. The van der Waals surface area contributed by atoms with E-state index >= 15 is 0 Å². The van der Waals surface area contributed by atoms with Gasteiger partial charge < -0.3 is 20.6 Å². The molecule has 1 fully saturated rings. The number of hydrogen-bond acceptors (Lipinski definition) is 4. The molecule has 0 amide bonds. The fraction of sp³-hybridized carbons (Fsp3) is 0.909. The van der Waals surface area contributed by atoms with E-state index in [0.29, 0.717) is 12.3 Å². The number of hydrogen-bond donors (Lipinski definition) is 2. The van der Waals surface area contributed by atoms with Gasteiger partial charge in [0.05, 0.1) is 6.61 Å². The second kappa shape index (κ2) is 6.06. The molecule has 0 aromatic heterocycles. The normalized spacial score (nSPS) is 19.1. The monoisotopic (exact) mass is 229 g/mol. The summed E-state index contributed by atoms with van der Waals surface area (Å²) in [6, 6.07) is 0. The number of nitrogens with zero attached hydrogens (tertiary/aromatic N) is 2. The third kappa shape index (κ3) is 4.37. The lowest BCUT2D eigenvalue weighted by atomic mass is 10.0. The van der Waals surface area contributed by atoms with Crippen molar-refractivity contribution in [3.63, 3.8) is 0 Å². The smallest absolute Gasteiger partial charge is 0.139 e. The highest BCUT2D eigenvalue weighted by molar-refractivity contribution is 5.80. The van der Waals surface area contributed by atoms with Crippen LogP contribution in [0.25, 0.3) is 0 Å². The molecule has 1 saturated carbocycles. The molecule has 0 radical (unpaired) electrons. The molecule has 0 bridgehead atoms. The molecule has 1 aliphatic rings. The van der Waals surface area contributed by atoms with Crippen LogP contribution in [0.2, 0.25) is 0 Å². The van der Waals surface area contributed by atoms with Crippen LogP contribution >= 0.6 is 0 Å². The van der Waals surface area contributed by atoms with Gasteiger partial charge in [0, 0.05) is 26.1 Å². The Hall–Kier alpha value is -0.810.